The molecule has 11 heteroatoms. The van der Waals surface area contributed by atoms with E-state index in [-0.39, 0.29) is 5.39 Å². The molecular weight excluding hydrogens is 523 g/mol. The first-order valence-electron chi connectivity index (χ1n) is 12.7. The van der Waals surface area contributed by atoms with Gasteiger partial charge in [0.2, 0.25) is 11.9 Å². The van der Waals surface area contributed by atoms with Crippen LogP contribution in [0.3, 0.4) is 0 Å². The van der Waals surface area contributed by atoms with Gasteiger partial charge in [0.25, 0.3) is 5.56 Å². The third kappa shape index (κ3) is 4.44. The molecule has 2 aromatic carbocycles. The first-order chi connectivity index (χ1) is 18.3. The van der Waals surface area contributed by atoms with Crippen LogP contribution in [0.25, 0.3) is 22.3 Å². The Morgan fingerprint density at radius 3 is 2.47 bits per heavy atom. The van der Waals surface area contributed by atoms with Crippen molar-refractivity contribution in [3.8, 4) is 11.3 Å². The number of benzene rings is 2. The lowest BCUT2D eigenvalue weighted by atomic mass is 10.1. The highest BCUT2D eigenvalue weighted by atomic mass is 35.5. The highest BCUT2D eigenvalue weighted by Crippen LogP contribution is 2.37. The average Bonchev–Trinajstić information content (AvgIpc) is 3.32. The Morgan fingerprint density at radius 2 is 1.76 bits per heavy atom. The van der Waals surface area contributed by atoms with Gasteiger partial charge in [0.05, 0.1) is 15.7 Å². The van der Waals surface area contributed by atoms with E-state index in [2.05, 4.69) is 58.7 Å². The molecule has 2 aliphatic heterocycles. The highest BCUT2D eigenvalue weighted by molar-refractivity contribution is 6.39. The summed E-state index contributed by atoms with van der Waals surface area (Å²) in [6.45, 7) is 9.72. The van der Waals surface area contributed by atoms with Crippen LogP contribution in [0, 0.1) is 6.92 Å². The summed E-state index contributed by atoms with van der Waals surface area (Å²) in [5.41, 5.74) is 4.07. The molecule has 2 atom stereocenters. The van der Waals surface area contributed by atoms with Crippen molar-refractivity contribution in [3.05, 3.63) is 62.4 Å². The van der Waals surface area contributed by atoms with E-state index >= 15 is 0 Å². The lowest BCUT2D eigenvalue weighted by Gasteiger charge is -2.38. The van der Waals surface area contributed by atoms with Crippen molar-refractivity contribution < 1.29 is 0 Å². The maximum Gasteiger partial charge on any atom is 0.286 e. The minimum absolute atomic E-state index is 0.284. The van der Waals surface area contributed by atoms with Gasteiger partial charge in [-0.3, -0.25) is 9.36 Å². The number of piperazine rings is 1. The van der Waals surface area contributed by atoms with Crippen molar-refractivity contribution in [2.75, 3.05) is 35.2 Å². The molecule has 4 aromatic rings. The fourth-order valence-electron chi connectivity index (χ4n) is 5.48. The van der Waals surface area contributed by atoms with Gasteiger partial charge in [-0.25, -0.2) is 4.98 Å². The number of fused-ring (bicyclic) bond motifs is 3. The molecule has 2 aliphatic rings. The monoisotopic (exact) mass is 550 g/mol. The van der Waals surface area contributed by atoms with E-state index in [0.717, 1.165) is 24.3 Å². The van der Waals surface area contributed by atoms with E-state index in [4.69, 9.17) is 33.2 Å². The molecule has 0 unspecified atom stereocenters. The zero-order valence-electron chi connectivity index (χ0n) is 21.3. The van der Waals surface area contributed by atoms with Crippen LogP contribution >= 0.6 is 23.2 Å². The number of nitrogens with zero attached hydrogens (tertiary/aromatic N) is 5. The summed E-state index contributed by atoms with van der Waals surface area (Å²) >= 11 is 13.1. The smallest absolute Gasteiger partial charge is 0.286 e. The number of halogens is 2. The molecule has 9 nitrogen and oxygen atoms in total. The highest BCUT2D eigenvalue weighted by Gasteiger charge is 2.25. The third-order valence-corrected chi connectivity index (χ3v) is 7.62. The van der Waals surface area contributed by atoms with Gasteiger partial charge in [-0.1, -0.05) is 29.3 Å². The second-order valence-electron chi connectivity index (χ2n) is 10.0. The van der Waals surface area contributed by atoms with E-state index in [1.807, 2.05) is 10.6 Å². The van der Waals surface area contributed by atoms with Gasteiger partial charge >= 0.3 is 0 Å². The summed E-state index contributed by atoms with van der Waals surface area (Å²) < 4.78 is 1.89. The minimum Gasteiger partial charge on any atom is -0.368 e. The van der Waals surface area contributed by atoms with Crippen molar-refractivity contribution in [2.45, 2.75) is 39.4 Å². The molecule has 0 amide bonds. The van der Waals surface area contributed by atoms with Crippen LogP contribution in [0.4, 0.5) is 23.3 Å². The van der Waals surface area contributed by atoms with Crippen molar-refractivity contribution in [2.24, 2.45) is 0 Å². The summed E-state index contributed by atoms with van der Waals surface area (Å²) in [5.74, 6) is 0.829. The van der Waals surface area contributed by atoms with E-state index < -0.39 is 5.56 Å². The quantitative estimate of drug-likeness (QED) is 0.332. The lowest BCUT2D eigenvalue weighted by Crippen LogP contribution is -2.54. The number of nitrogens with one attached hydrogen (secondary N) is 3. The molecule has 38 heavy (non-hydrogen) atoms. The number of aryl methyl sites for hydroxylation is 1. The maximum absolute atomic E-state index is 13.1. The number of rotatable bonds is 4. The molecule has 196 valence electrons. The fourth-order valence-corrected chi connectivity index (χ4v) is 6.06. The molecule has 0 aliphatic carbocycles. The predicted octanol–water partition coefficient (Wildman–Crippen LogP) is 4.82. The van der Waals surface area contributed by atoms with Crippen LogP contribution in [0.5, 0.6) is 0 Å². The SMILES string of the molecule is Cc1cc(Nc2nc(-c3c(Cl)cccc3Cl)c3c(=O)nc4n(c3n2)CCN4)ccc1N1C[C@@H](C)N[C@@H](C)C1. The summed E-state index contributed by atoms with van der Waals surface area (Å²) in [6, 6.07) is 12.3. The Labute approximate surface area is 230 Å². The molecule has 0 saturated carbocycles. The molecule has 0 spiro atoms. The second kappa shape index (κ2) is 9.72. The minimum atomic E-state index is -0.433. The average molecular weight is 551 g/mol. The Balaban J connectivity index is 1.45. The van der Waals surface area contributed by atoms with Gasteiger partial charge < -0.3 is 20.9 Å². The van der Waals surface area contributed by atoms with Gasteiger partial charge in [0, 0.05) is 55.2 Å². The van der Waals surface area contributed by atoms with Crippen molar-refractivity contribution in [1.82, 2.24) is 24.8 Å². The molecule has 3 N–H and O–H groups in total. The Bertz CT molecular complexity index is 1590. The molecule has 0 bridgehead atoms. The molecule has 4 heterocycles. The molecular formula is C27H28Cl2N8O. The molecule has 1 saturated heterocycles. The summed E-state index contributed by atoms with van der Waals surface area (Å²) in [4.78, 5) is 29.3. The first-order valence-corrected chi connectivity index (χ1v) is 13.4. The van der Waals surface area contributed by atoms with Gasteiger partial charge in [-0.15, -0.1) is 0 Å². The van der Waals surface area contributed by atoms with Crippen molar-refractivity contribution >= 4 is 57.5 Å². The second-order valence-corrected chi connectivity index (χ2v) is 10.8. The normalized spacial score (nSPS) is 18.9. The summed E-state index contributed by atoms with van der Waals surface area (Å²) in [6.07, 6.45) is 0. The van der Waals surface area contributed by atoms with Crippen LogP contribution in [0.15, 0.2) is 41.2 Å². The number of anilines is 4. The largest absolute Gasteiger partial charge is 0.368 e. The standard InChI is InChI=1S/C27H28Cl2N8O/c1-14-11-17(7-8-20(14)36-12-15(2)31-16(3)13-36)32-26-33-23(21-18(28)5-4-6-19(21)29)22-24(34-26)37-10-9-30-27(37)35-25(22)38/h4-8,11,15-16,31H,9-10,12-13H2,1-3H3,(H,30,35,38)(H,32,33,34)/t15-,16+. The van der Waals surface area contributed by atoms with E-state index in [9.17, 15) is 4.79 Å². The van der Waals surface area contributed by atoms with Crippen LogP contribution in [-0.4, -0.2) is 51.2 Å². The molecule has 0 radical (unpaired) electrons. The van der Waals surface area contributed by atoms with E-state index in [1.165, 1.54) is 5.69 Å². The summed E-state index contributed by atoms with van der Waals surface area (Å²) in [5, 5.41) is 11.1. The Hall–Kier alpha value is -3.40. The van der Waals surface area contributed by atoms with Crippen molar-refractivity contribution in [3.63, 3.8) is 0 Å². The zero-order chi connectivity index (χ0) is 26.6. The molecule has 6 rings (SSSR count). The Morgan fingerprint density at radius 1 is 1.03 bits per heavy atom. The lowest BCUT2D eigenvalue weighted by molar-refractivity contribution is 0.407. The zero-order valence-corrected chi connectivity index (χ0v) is 22.9. The predicted molar refractivity (Wildman–Crippen MR) is 154 cm³/mol. The van der Waals surface area contributed by atoms with Gasteiger partial charge in [0.15, 0.2) is 5.65 Å². The van der Waals surface area contributed by atoms with Gasteiger partial charge in [-0.2, -0.15) is 9.97 Å². The molecule has 2 aromatic heterocycles. The van der Waals surface area contributed by atoms with Crippen LogP contribution in [0.1, 0.15) is 19.4 Å². The maximum atomic E-state index is 13.1. The first kappa shape index (κ1) is 24.9. The van der Waals surface area contributed by atoms with Crippen LogP contribution in [0.2, 0.25) is 10.0 Å². The van der Waals surface area contributed by atoms with Crippen LogP contribution < -0.4 is 26.4 Å². The third-order valence-electron chi connectivity index (χ3n) is 6.99. The number of aromatic nitrogens is 4. The van der Waals surface area contributed by atoms with Gasteiger partial charge in [-0.05, 0) is 56.7 Å². The van der Waals surface area contributed by atoms with Crippen LogP contribution in [-0.2, 0) is 6.54 Å². The number of hydrogen-bond acceptors (Lipinski definition) is 8. The molecule has 1 fully saturated rings. The van der Waals surface area contributed by atoms with E-state index in [1.54, 1.807) is 18.2 Å². The number of hydrogen-bond donors (Lipinski definition) is 3. The Kier molecular flexibility index (Phi) is 6.37. The fraction of sp³-hybridized carbons (Fsp3) is 0.333. The topological polar surface area (TPSA) is 100 Å². The van der Waals surface area contributed by atoms with Crippen molar-refractivity contribution in [1.29, 1.82) is 0 Å². The summed E-state index contributed by atoms with van der Waals surface area (Å²) in [7, 11) is 0. The van der Waals surface area contributed by atoms with Gasteiger partial charge in [0.1, 0.15) is 5.39 Å². The van der Waals surface area contributed by atoms with E-state index in [0.29, 0.717) is 64.0 Å².